The van der Waals surface area contributed by atoms with Gasteiger partial charge in [-0.1, -0.05) is 12.8 Å². The third-order valence-corrected chi connectivity index (χ3v) is 4.89. The molecule has 2 heterocycles. The van der Waals surface area contributed by atoms with E-state index in [0.717, 1.165) is 32.0 Å². The number of piperidine rings is 1. The van der Waals surface area contributed by atoms with E-state index >= 15 is 0 Å². The lowest BCUT2D eigenvalue weighted by atomic mass is 9.78. The summed E-state index contributed by atoms with van der Waals surface area (Å²) in [7, 11) is 0. The van der Waals surface area contributed by atoms with Gasteiger partial charge in [-0.2, -0.15) is 0 Å². The molecule has 0 aromatic heterocycles. The lowest BCUT2D eigenvalue weighted by Gasteiger charge is -2.45. The topological polar surface area (TPSA) is 32.3 Å². The van der Waals surface area contributed by atoms with Crippen LogP contribution in [0.25, 0.3) is 0 Å². The van der Waals surface area contributed by atoms with Gasteiger partial charge in [-0.25, -0.2) is 0 Å². The van der Waals surface area contributed by atoms with Crippen LogP contribution in [0.3, 0.4) is 0 Å². The molecule has 1 saturated carbocycles. The number of hydrogen-bond acceptors (Lipinski definition) is 2. The molecule has 2 atom stereocenters. The summed E-state index contributed by atoms with van der Waals surface area (Å²) in [4.78, 5) is 14.6. The Balaban J connectivity index is 1.61. The lowest BCUT2D eigenvalue weighted by molar-refractivity contribution is -0.139. The van der Waals surface area contributed by atoms with Crippen LogP contribution in [0, 0.1) is 11.8 Å². The Morgan fingerprint density at radius 3 is 2.65 bits per heavy atom. The molecule has 2 aliphatic heterocycles. The quantitative estimate of drug-likeness (QED) is 0.792. The first kappa shape index (κ1) is 11.5. The summed E-state index contributed by atoms with van der Waals surface area (Å²) in [5.41, 5.74) is 0. The molecule has 2 saturated heterocycles. The number of amides is 1. The van der Waals surface area contributed by atoms with Crippen molar-refractivity contribution in [2.24, 2.45) is 11.8 Å². The maximum absolute atomic E-state index is 12.4. The largest absolute Gasteiger partial charge is 0.339 e. The average molecular weight is 236 g/mol. The van der Waals surface area contributed by atoms with Gasteiger partial charge in [0.25, 0.3) is 0 Å². The second kappa shape index (κ2) is 4.97. The predicted molar refractivity (Wildman–Crippen MR) is 67.7 cm³/mol. The molecule has 1 N–H and O–H groups in total. The molecule has 0 bridgehead atoms. The van der Waals surface area contributed by atoms with Crippen molar-refractivity contribution in [1.29, 1.82) is 0 Å². The number of nitrogens with zero attached hydrogens (tertiary/aromatic N) is 1. The molecule has 3 rings (SSSR count). The summed E-state index contributed by atoms with van der Waals surface area (Å²) in [6, 6.07) is 0.595. The summed E-state index contributed by atoms with van der Waals surface area (Å²) in [6.07, 6.45) is 8.72. The Morgan fingerprint density at radius 2 is 1.88 bits per heavy atom. The fourth-order valence-corrected chi connectivity index (χ4v) is 3.79. The van der Waals surface area contributed by atoms with Gasteiger partial charge in [0, 0.05) is 19.0 Å². The molecule has 3 heteroatoms. The van der Waals surface area contributed by atoms with E-state index in [0.29, 0.717) is 17.9 Å². The molecular formula is C14H24N2O. The van der Waals surface area contributed by atoms with Gasteiger partial charge in [-0.15, -0.1) is 0 Å². The lowest BCUT2D eigenvalue weighted by Crippen LogP contribution is -2.52. The molecule has 0 aromatic carbocycles. The number of likely N-dealkylation sites (tertiary alicyclic amines) is 1. The first-order valence-electron chi connectivity index (χ1n) is 7.35. The van der Waals surface area contributed by atoms with Crippen LogP contribution < -0.4 is 5.32 Å². The Kier molecular flexibility index (Phi) is 3.37. The van der Waals surface area contributed by atoms with Gasteiger partial charge in [0.2, 0.25) is 5.91 Å². The van der Waals surface area contributed by atoms with Gasteiger partial charge in [0.1, 0.15) is 0 Å². The van der Waals surface area contributed by atoms with Crippen molar-refractivity contribution in [2.75, 3.05) is 19.6 Å². The zero-order valence-electron chi connectivity index (χ0n) is 10.7. The highest BCUT2D eigenvalue weighted by Crippen LogP contribution is 2.35. The number of carbonyl (C=O) groups is 1. The summed E-state index contributed by atoms with van der Waals surface area (Å²) in [5.74, 6) is 1.88. The molecule has 3 nitrogen and oxygen atoms in total. The van der Waals surface area contributed by atoms with Crippen LogP contribution in [0.1, 0.15) is 44.9 Å². The highest BCUT2D eigenvalue weighted by atomic mass is 16.2. The van der Waals surface area contributed by atoms with E-state index in [2.05, 4.69) is 10.2 Å². The molecule has 17 heavy (non-hydrogen) atoms. The van der Waals surface area contributed by atoms with Crippen molar-refractivity contribution < 1.29 is 4.79 Å². The molecular weight excluding hydrogens is 212 g/mol. The number of carbonyl (C=O) groups excluding carboxylic acids is 1. The SMILES string of the molecule is O=C(CC1CNC1)N1CCCC2CCCCC21. The molecule has 1 amide bonds. The summed E-state index contributed by atoms with van der Waals surface area (Å²) < 4.78 is 0. The number of hydrogen-bond donors (Lipinski definition) is 1. The summed E-state index contributed by atoms with van der Waals surface area (Å²) in [5, 5.41) is 3.26. The van der Waals surface area contributed by atoms with E-state index in [1.54, 1.807) is 0 Å². The van der Waals surface area contributed by atoms with E-state index in [9.17, 15) is 4.79 Å². The van der Waals surface area contributed by atoms with Crippen LogP contribution in [0.5, 0.6) is 0 Å². The van der Waals surface area contributed by atoms with Gasteiger partial charge in [-0.05, 0) is 50.6 Å². The Bertz CT molecular complexity index is 286. The van der Waals surface area contributed by atoms with Crippen LogP contribution in [0.2, 0.25) is 0 Å². The van der Waals surface area contributed by atoms with E-state index < -0.39 is 0 Å². The zero-order valence-corrected chi connectivity index (χ0v) is 10.7. The third-order valence-electron chi connectivity index (χ3n) is 4.89. The van der Waals surface area contributed by atoms with Crippen molar-refractivity contribution in [2.45, 2.75) is 51.0 Å². The summed E-state index contributed by atoms with van der Waals surface area (Å²) >= 11 is 0. The molecule has 1 aliphatic carbocycles. The summed E-state index contributed by atoms with van der Waals surface area (Å²) in [6.45, 7) is 3.13. The maximum Gasteiger partial charge on any atom is 0.223 e. The van der Waals surface area contributed by atoms with Crippen LogP contribution in [-0.2, 0) is 4.79 Å². The smallest absolute Gasteiger partial charge is 0.223 e. The number of fused-ring (bicyclic) bond motifs is 1. The second-order valence-corrected chi connectivity index (χ2v) is 6.07. The average Bonchev–Trinajstić information content (AvgIpc) is 2.33. The molecule has 96 valence electrons. The molecule has 2 unspecified atom stereocenters. The van der Waals surface area contributed by atoms with Gasteiger partial charge < -0.3 is 10.2 Å². The highest BCUT2D eigenvalue weighted by Gasteiger charge is 2.36. The third kappa shape index (κ3) is 2.35. The van der Waals surface area contributed by atoms with Gasteiger partial charge >= 0.3 is 0 Å². The predicted octanol–water partition coefficient (Wildman–Crippen LogP) is 1.78. The minimum Gasteiger partial charge on any atom is -0.339 e. The van der Waals surface area contributed by atoms with Gasteiger partial charge in [0.15, 0.2) is 0 Å². The van der Waals surface area contributed by atoms with E-state index in [1.807, 2.05) is 0 Å². The minimum atomic E-state index is 0.438. The molecule has 3 aliphatic rings. The Morgan fingerprint density at radius 1 is 1.12 bits per heavy atom. The van der Waals surface area contributed by atoms with Crippen molar-refractivity contribution in [3.05, 3.63) is 0 Å². The van der Waals surface area contributed by atoms with Crippen molar-refractivity contribution in [3.63, 3.8) is 0 Å². The zero-order chi connectivity index (χ0) is 11.7. The monoisotopic (exact) mass is 236 g/mol. The van der Waals surface area contributed by atoms with Crippen molar-refractivity contribution in [3.8, 4) is 0 Å². The van der Waals surface area contributed by atoms with Gasteiger partial charge in [0.05, 0.1) is 0 Å². The maximum atomic E-state index is 12.4. The Hall–Kier alpha value is -0.570. The fraction of sp³-hybridized carbons (Fsp3) is 0.929. The van der Waals surface area contributed by atoms with Crippen LogP contribution in [0.15, 0.2) is 0 Å². The molecule has 0 aromatic rings. The van der Waals surface area contributed by atoms with E-state index in [1.165, 1.54) is 38.5 Å². The van der Waals surface area contributed by atoms with Crippen molar-refractivity contribution >= 4 is 5.91 Å². The number of rotatable bonds is 2. The first-order chi connectivity index (χ1) is 8.34. The van der Waals surface area contributed by atoms with Crippen molar-refractivity contribution in [1.82, 2.24) is 10.2 Å². The second-order valence-electron chi connectivity index (χ2n) is 6.07. The van der Waals surface area contributed by atoms with Crippen LogP contribution in [0.4, 0.5) is 0 Å². The molecule has 0 radical (unpaired) electrons. The molecule has 0 spiro atoms. The normalized spacial score (nSPS) is 34.0. The number of nitrogens with one attached hydrogen (secondary N) is 1. The highest BCUT2D eigenvalue weighted by molar-refractivity contribution is 5.77. The van der Waals surface area contributed by atoms with E-state index in [-0.39, 0.29) is 0 Å². The fourth-order valence-electron chi connectivity index (χ4n) is 3.79. The van der Waals surface area contributed by atoms with Crippen LogP contribution in [-0.4, -0.2) is 36.5 Å². The van der Waals surface area contributed by atoms with Crippen LogP contribution >= 0.6 is 0 Å². The Labute approximate surface area is 104 Å². The van der Waals surface area contributed by atoms with E-state index in [4.69, 9.17) is 0 Å². The standard InChI is InChI=1S/C14H24N2O/c17-14(8-11-9-15-10-11)16-7-3-5-12-4-1-2-6-13(12)16/h11-13,15H,1-10H2. The minimum absolute atomic E-state index is 0.438. The molecule has 3 fully saturated rings. The first-order valence-corrected chi connectivity index (χ1v) is 7.35. The van der Waals surface area contributed by atoms with Gasteiger partial charge in [-0.3, -0.25) is 4.79 Å².